The van der Waals surface area contributed by atoms with Gasteiger partial charge in [0.2, 0.25) is 0 Å². The van der Waals surface area contributed by atoms with Gasteiger partial charge in [0, 0.05) is 17.2 Å². The molecule has 7 nitrogen and oxygen atoms in total. The molecule has 0 fully saturated rings. The Labute approximate surface area is 206 Å². The first-order valence-corrected chi connectivity index (χ1v) is 11.0. The third-order valence-corrected chi connectivity index (χ3v) is 5.76. The highest BCUT2D eigenvalue weighted by Gasteiger charge is 2.18. The number of rotatable bonds is 8. The molecule has 0 amide bonds. The first kappa shape index (κ1) is 26.8. The van der Waals surface area contributed by atoms with Crippen LogP contribution in [0.1, 0.15) is 26.3 Å². The zero-order valence-corrected chi connectivity index (χ0v) is 20.5. The van der Waals surface area contributed by atoms with E-state index < -0.39 is 18.0 Å². The van der Waals surface area contributed by atoms with Crippen LogP contribution in [0, 0.1) is 17.1 Å². The maximum atomic E-state index is 14.6. The Morgan fingerprint density at radius 3 is 2.52 bits per heavy atom. The van der Waals surface area contributed by atoms with Crippen molar-refractivity contribution in [2.45, 2.75) is 39.0 Å². The Morgan fingerprint density at radius 1 is 1.18 bits per heavy atom. The molecular formula is C22H23Cl2FN4O3S. The van der Waals surface area contributed by atoms with Gasteiger partial charge in [-0.3, -0.25) is 0 Å². The maximum Gasteiger partial charge on any atom is 0.165 e. The largest absolute Gasteiger partial charge is 0.490 e. The molecule has 33 heavy (non-hydrogen) atoms. The third kappa shape index (κ3) is 6.53. The smallest absolute Gasteiger partial charge is 0.165 e. The Balaban J connectivity index is 0.00000385. The Hall–Kier alpha value is -2.48. The number of aromatic nitrogens is 2. The third-order valence-electron chi connectivity index (χ3n) is 4.44. The predicted molar refractivity (Wildman–Crippen MR) is 129 cm³/mol. The van der Waals surface area contributed by atoms with E-state index in [1.807, 2.05) is 13.8 Å². The second kappa shape index (κ2) is 11.6. The van der Waals surface area contributed by atoms with Crippen molar-refractivity contribution >= 4 is 35.3 Å². The van der Waals surface area contributed by atoms with E-state index in [0.29, 0.717) is 32.5 Å². The van der Waals surface area contributed by atoms with Crippen LogP contribution in [-0.2, 0) is 0 Å². The summed E-state index contributed by atoms with van der Waals surface area (Å²) in [7, 11) is 0. The molecule has 2 atom stereocenters. The fourth-order valence-electron chi connectivity index (χ4n) is 2.68. The molecule has 0 bridgehead atoms. The van der Waals surface area contributed by atoms with E-state index >= 15 is 0 Å². The fourth-order valence-corrected chi connectivity index (χ4v) is 3.85. The van der Waals surface area contributed by atoms with E-state index in [-0.39, 0.29) is 35.9 Å². The lowest BCUT2D eigenvalue weighted by atomic mass is 10.1. The molecule has 2 aromatic carbocycles. The highest BCUT2D eigenvalue weighted by molar-refractivity contribution is 7.18. The maximum absolute atomic E-state index is 14.6. The van der Waals surface area contributed by atoms with Gasteiger partial charge in [0.25, 0.3) is 0 Å². The molecule has 3 N–H and O–H groups in total. The zero-order valence-electron chi connectivity index (χ0n) is 18.1. The molecule has 1 heterocycles. The van der Waals surface area contributed by atoms with Gasteiger partial charge in [0.15, 0.2) is 11.6 Å². The van der Waals surface area contributed by atoms with E-state index in [0.717, 1.165) is 0 Å². The minimum atomic E-state index is -0.792. The first-order valence-electron chi connectivity index (χ1n) is 9.80. The summed E-state index contributed by atoms with van der Waals surface area (Å²) in [6, 6.07) is 9.19. The number of nitrogens with two attached hydrogens (primary N) is 1. The van der Waals surface area contributed by atoms with E-state index in [4.69, 9.17) is 26.8 Å². The van der Waals surface area contributed by atoms with Crippen molar-refractivity contribution in [1.29, 1.82) is 5.26 Å². The second-order valence-electron chi connectivity index (χ2n) is 7.38. The van der Waals surface area contributed by atoms with Crippen LogP contribution >= 0.6 is 35.3 Å². The van der Waals surface area contributed by atoms with Gasteiger partial charge >= 0.3 is 0 Å². The number of halogens is 3. The molecule has 3 rings (SSSR count). The van der Waals surface area contributed by atoms with Crippen molar-refractivity contribution in [1.82, 2.24) is 10.2 Å². The fraction of sp³-hybridized carbons (Fsp3) is 0.318. The first-order chi connectivity index (χ1) is 15.2. The summed E-state index contributed by atoms with van der Waals surface area (Å²) in [6.07, 6.45) is -0.854. The summed E-state index contributed by atoms with van der Waals surface area (Å²) < 4.78 is 25.6. The lowest BCUT2D eigenvalue weighted by Crippen LogP contribution is -2.38. The predicted octanol–water partition coefficient (Wildman–Crippen LogP) is 4.83. The van der Waals surface area contributed by atoms with Crippen LogP contribution < -0.4 is 15.2 Å². The van der Waals surface area contributed by atoms with Gasteiger partial charge in [-0.2, -0.15) is 5.26 Å². The van der Waals surface area contributed by atoms with E-state index in [2.05, 4.69) is 16.3 Å². The summed E-state index contributed by atoms with van der Waals surface area (Å²) in [5, 5.41) is 28.3. The molecule has 0 spiro atoms. The van der Waals surface area contributed by atoms with Crippen LogP contribution in [0.15, 0.2) is 30.3 Å². The van der Waals surface area contributed by atoms with Crippen LogP contribution in [0.4, 0.5) is 4.39 Å². The summed E-state index contributed by atoms with van der Waals surface area (Å²) >= 11 is 7.55. The number of ether oxygens (including phenoxy) is 2. The van der Waals surface area contributed by atoms with Gasteiger partial charge in [-0.25, -0.2) is 4.39 Å². The van der Waals surface area contributed by atoms with Gasteiger partial charge in [-0.1, -0.05) is 22.9 Å². The summed E-state index contributed by atoms with van der Waals surface area (Å²) in [6.45, 7) is 5.22. The molecule has 3 aromatic rings. The lowest BCUT2D eigenvalue weighted by molar-refractivity contribution is 0.129. The number of hydrogen-bond donors (Lipinski definition) is 2. The average Bonchev–Trinajstić information content (AvgIpc) is 3.23. The summed E-state index contributed by atoms with van der Waals surface area (Å²) in [4.78, 5) is 0. The zero-order chi connectivity index (χ0) is 23.4. The normalized spacial score (nSPS) is 12.6. The standard InChI is InChI=1S/C22H22ClFN4O3S.ClH/c1-11(2)31-19-5-4-13(6-14(19)9-25)21-27-28-22(32-21)15-7-17(24)20(8-16(15)23)30-10-18(26)12(3)29;/h4-8,11-12,18,29H,10,26H2,1-3H3;1H/t12-,18-;/m1./s1. The average molecular weight is 513 g/mol. The molecule has 0 aliphatic rings. The van der Waals surface area contributed by atoms with Gasteiger partial charge in [0.05, 0.1) is 28.8 Å². The van der Waals surface area contributed by atoms with Gasteiger partial charge < -0.3 is 20.3 Å². The monoisotopic (exact) mass is 512 g/mol. The Bertz CT molecular complexity index is 1150. The second-order valence-corrected chi connectivity index (χ2v) is 8.76. The molecule has 0 unspecified atom stereocenters. The van der Waals surface area contributed by atoms with Crippen molar-refractivity contribution in [3.63, 3.8) is 0 Å². The minimum Gasteiger partial charge on any atom is -0.490 e. The number of benzene rings is 2. The Morgan fingerprint density at radius 2 is 1.88 bits per heavy atom. The number of hydrogen-bond acceptors (Lipinski definition) is 8. The highest BCUT2D eigenvalue weighted by Crippen LogP contribution is 2.38. The molecular weight excluding hydrogens is 490 g/mol. The van der Waals surface area contributed by atoms with Gasteiger partial charge in [-0.05, 0) is 45.0 Å². The van der Waals surface area contributed by atoms with Crippen molar-refractivity contribution in [3.05, 3.63) is 46.7 Å². The van der Waals surface area contributed by atoms with Crippen LogP contribution in [0.3, 0.4) is 0 Å². The SMILES string of the molecule is CC(C)Oc1ccc(-c2nnc(-c3cc(F)c(OC[C@@H](N)[C@@H](C)O)cc3Cl)s2)cc1C#N.Cl. The van der Waals surface area contributed by atoms with Gasteiger partial charge in [0.1, 0.15) is 28.4 Å². The van der Waals surface area contributed by atoms with Crippen LogP contribution in [0.2, 0.25) is 5.02 Å². The highest BCUT2D eigenvalue weighted by atomic mass is 35.5. The molecule has 0 saturated heterocycles. The van der Waals surface area contributed by atoms with Gasteiger partial charge in [-0.15, -0.1) is 22.6 Å². The minimum absolute atomic E-state index is 0. The number of nitrogens with zero attached hydrogens (tertiary/aromatic N) is 3. The molecule has 0 radical (unpaired) electrons. The summed E-state index contributed by atoms with van der Waals surface area (Å²) in [5.74, 6) is -0.216. The summed E-state index contributed by atoms with van der Waals surface area (Å²) in [5.41, 5.74) is 7.14. The van der Waals surface area contributed by atoms with Crippen molar-refractivity contribution in [2.75, 3.05) is 6.61 Å². The topological polar surface area (TPSA) is 114 Å². The molecule has 0 aliphatic carbocycles. The Kier molecular flexibility index (Phi) is 9.40. The van der Waals surface area contributed by atoms with Crippen LogP contribution in [0.5, 0.6) is 11.5 Å². The molecule has 176 valence electrons. The van der Waals surface area contributed by atoms with E-state index in [1.165, 1.54) is 30.4 Å². The number of aliphatic hydroxyl groups excluding tert-OH is 1. The molecule has 0 aliphatic heterocycles. The van der Waals surface area contributed by atoms with Crippen molar-refractivity contribution in [2.24, 2.45) is 5.73 Å². The van der Waals surface area contributed by atoms with Crippen LogP contribution in [-0.4, -0.2) is 40.2 Å². The number of nitriles is 1. The number of aliphatic hydroxyl groups is 1. The van der Waals surface area contributed by atoms with Crippen LogP contribution in [0.25, 0.3) is 21.1 Å². The molecule has 11 heteroatoms. The quantitative estimate of drug-likeness (QED) is 0.443. The van der Waals surface area contributed by atoms with Crippen molar-refractivity contribution in [3.8, 4) is 38.7 Å². The van der Waals surface area contributed by atoms with Crippen molar-refractivity contribution < 1.29 is 19.0 Å². The lowest BCUT2D eigenvalue weighted by Gasteiger charge is -2.16. The molecule has 0 saturated carbocycles. The molecule has 1 aromatic heterocycles. The van der Waals surface area contributed by atoms with E-state index in [9.17, 15) is 14.8 Å². The van der Waals surface area contributed by atoms with E-state index in [1.54, 1.807) is 18.2 Å².